The topological polar surface area (TPSA) is 99.2 Å². The minimum absolute atomic E-state index is 0.183. The molecule has 1 atom stereocenters. The number of halogens is 1. The number of nitrogens with one attached hydrogen (secondary N) is 1. The van der Waals surface area contributed by atoms with E-state index in [-0.39, 0.29) is 5.91 Å². The Morgan fingerprint density at radius 2 is 2.25 bits per heavy atom. The van der Waals surface area contributed by atoms with E-state index in [1.807, 2.05) is 17.0 Å². The maximum atomic E-state index is 13.6. The van der Waals surface area contributed by atoms with Gasteiger partial charge in [-0.2, -0.15) is 0 Å². The molecule has 9 heteroatoms. The van der Waals surface area contributed by atoms with Gasteiger partial charge in [0.1, 0.15) is 21.9 Å². The highest BCUT2D eigenvalue weighted by Gasteiger charge is 2.30. The Morgan fingerprint density at radius 3 is 2.93 bits per heavy atom. The van der Waals surface area contributed by atoms with E-state index < -0.39 is 6.17 Å². The normalized spacial score (nSPS) is 20.2. The minimum atomic E-state index is -0.803. The van der Waals surface area contributed by atoms with Crippen LogP contribution >= 0.6 is 11.3 Å². The lowest BCUT2D eigenvalue weighted by atomic mass is 10.1. The van der Waals surface area contributed by atoms with Crippen molar-refractivity contribution in [3.63, 3.8) is 0 Å². The van der Waals surface area contributed by atoms with E-state index in [1.54, 1.807) is 6.20 Å². The Labute approximate surface area is 166 Å². The standard InChI is InChI=1S/C19H21FN6OS/c20-13-2-1-6-25(11-13)16-4-3-12(10-23-16)18-24-15-5-7-26(14(8-21)9-22)19(27)17(15)28-18/h3-4,8-10,13,21H,1-2,5-7,11,22H2/b14-9+,21-8?/t13-/m1/s1. The van der Waals surface area contributed by atoms with Gasteiger partial charge in [0.05, 0.1) is 17.9 Å². The number of allylic oxidation sites excluding steroid dienone is 1. The zero-order valence-electron chi connectivity index (χ0n) is 15.3. The van der Waals surface area contributed by atoms with E-state index in [2.05, 4.69) is 9.97 Å². The summed E-state index contributed by atoms with van der Waals surface area (Å²) in [6, 6.07) is 3.80. The number of piperidine rings is 1. The first-order chi connectivity index (χ1) is 13.6. The van der Waals surface area contributed by atoms with Crippen LogP contribution in [0.25, 0.3) is 10.6 Å². The number of thiazole rings is 1. The van der Waals surface area contributed by atoms with Crippen LogP contribution in [0.15, 0.2) is 30.2 Å². The molecule has 2 aromatic heterocycles. The molecule has 1 amide bonds. The van der Waals surface area contributed by atoms with Gasteiger partial charge in [-0.1, -0.05) is 0 Å². The number of carbonyl (C=O) groups is 1. The molecule has 0 bridgehead atoms. The summed E-state index contributed by atoms with van der Waals surface area (Å²) < 4.78 is 13.6. The van der Waals surface area contributed by atoms with E-state index in [1.165, 1.54) is 22.4 Å². The second-order valence-electron chi connectivity index (χ2n) is 6.83. The highest BCUT2D eigenvalue weighted by molar-refractivity contribution is 7.17. The van der Waals surface area contributed by atoms with E-state index in [9.17, 15) is 9.18 Å². The fraction of sp³-hybridized carbons (Fsp3) is 0.368. The number of hydrogen-bond donors (Lipinski definition) is 2. The zero-order chi connectivity index (χ0) is 19.7. The van der Waals surface area contributed by atoms with Gasteiger partial charge >= 0.3 is 0 Å². The number of nitrogens with two attached hydrogens (primary N) is 1. The number of anilines is 1. The summed E-state index contributed by atoms with van der Waals surface area (Å²) >= 11 is 1.32. The number of pyridine rings is 1. The van der Waals surface area contributed by atoms with Gasteiger partial charge in [0, 0.05) is 43.7 Å². The van der Waals surface area contributed by atoms with Crippen molar-refractivity contribution in [3.8, 4) is 10.6 Å². The van der Waals surface area contributed by atoms with E-state index in [0.29, 0.717) is 36.5 Å². The molecule has 0 aliphatic carbocycles. The minimum Gasteiger partial charge on any atom is -0.403 e. The van der Waals surface area contributed by atoms with Crippen molar-refractivity contribution in [2.75, 3.05) is 24.5 Å². The number of carbonyl (C=O) groups excluding carboxylic acids is 1. The number of amides is 1. The maximum Gasteiger partial charge on any atom is 0.270 e. The fourth-order valence-electron chi connectivity index (χ4n) is 3.55. The van der Waals surface area contributed by atoms with Crippen molar-refractivity contribution >= 4 is 29.3 Å². The SMILES string of the molecule is N=C/C(=C\N)N1CCc2nc(-c3ccc(N4CCC[C@@H](F)C4)nc3)sc2C1=O. The molecule has 0 radical (unpaired) electrons. The average molecular weight is 400 g/mol. The van der Waals surface area contributed by atoms with Crippen molar-refractivity contribution in [3.05, 3.63) is 40.8 Å². The first kappa shape index (κ1) is 18.5. The largest absolute Gasteiger partial charge is 0.403 e. The lowest BCUT2D eigenvalue weighted by Crippen LogP contribution is -2.37. The van der Waals surface area contributed by atoms with Crippen LogP contribution in [0.1, 0.15) is 28.2 Å². The van der Waals surface area contributed by atoms with E-state index in [4.69, 9.17) is 11.1 Å². The van der Waals surface area contributed by atoms with Crippen LogP contribution in [0.4, 0.5) is 10.2 Å². The van der Waals surface area contributed by atoms with Crippen LogP contribution in [0.2, 0.25) is 0 Å². The van der Waals surface area contributed by atoms with Crippen LogP contribution < -0.4 is 10.6 Å². The lowest BCUT2D eigenvalue weighted by Gasteiger charge is -2.29. The monoisotopic (exact) mass is 400 g/mol. The van der Waals surface area contributed by atoms with Gasteiger partial charge in [-0.05, 0) is 25.0 Å². The number of hydrogen-bond acceptors (Lipinski definition) is 7. The van der Waals surface area contributed by atoms with Crippen LogP contribution in [-0.4, -0.2) is 52.8 Å². The average Bonchev–Trinajstić information content (AvgIpc) is 3.16. The zero-order valence-corrected chi connectivity index (χ0v) is 16.1. The van der Waals surface area contributed by atoms with Gasteiger partial charge in [0.25, 0.3) is 5.91 Å². The fourth-order valence-corrected chi connectivity index (χ4v) is 4.60. The molecule has 28 heavy (non-hydrogen) atoms. The third-order valence-electron chi connectivity index (χ3n) is 5.02. The third-order valence-corrected chi connectivity index (χ3v) is 6.16. The summed E-state index contributed by atoms with van der Waals surface area (Å²) in [5.74, 6) is 0.579. The Balaban J connectivity index is 1.56. The highest BCUT2D eigenvalue weighted by atomic mass is 32.1. The lowest BCUT2D eigenvalue weighted by molar-refractivity contribution is 0.0805. The molecular formula is C19H21FN6OS. The summed E-state index contributed by atoms with van der Waals surface area (Å²) in [5, 5.41) is 8.14. The predicted molar refractivity (Wildman–Crippen MR) is 107 cm³/mol. The summed E-state index contributed by atoms with van der Waals surface area (Å²) in [7, 11) is 0. The molecule has 7 nitrogen and oxygen atoms in total. The van der Waals surface area contributed by atoms with E-state index in [0.717, 1.165) is 41.3 Å². The van der Waals surface area contributed by atoms with E-state index >= 15 is 0 Å². The molecular weight excluding hydrogens is 379 g/mol. The molecule has 1 fully saturated rings. The summed E-state index contributed by atoms with van der Waals surface area (Å²) in [5.41, 5.74) is 7.50. The number of rotatable bonds is 4. The molecule has 1 saturated heterocycles. The molecule has 146 valence electrons. The Kier molecular flexibility index (Phi) is 5.08. The van der Waals surface area contributed by atoms with Crippen molar-refractivity contribution < 1.29 is 9.18 Å². The molecule has 0 spiro atoms. The number of alkyl halides is 1. The molecule has 4 rings (SSSR count). The summed E-state index contributed by atoms with van der Waals surface area (Å²) in [4.78, 5) is 25.9. The van der Waals surface area contributed by atoms with Crippen LogP contribution in [0.5, 0.6) is 0 Å². The molecule has 0 aromatic carbocycles. The Hall–Kier alpha value is -2.81. The Bertz CT molecular complexity index is 925. The predicted octanol–water partition coefficient (Wildman–Crippen LogP) is 2.59. The Morgan fingerprint density at radius 1 is 1.39 bits per heavy atom. The molecule has 2 aromatic rings. The van der Waals surface area contributed by atoms with Crippen molar-refractivity contribution in [1.82, 2.24) is 14.9 Å². The molecule has 0 unspecified atom stereocenters. The first-order valence-corrected chi connectivity index (χ1v) is 10.0. The summed E-state index contributed by atoms with van der Waals surface area (Å²) in [6.07, 6.45) is 5.33. The second kappa shape index (κ2) is 7.67. The van der Waals surface area contributed by atoms with Gasteiger partial charge in [0.2, 0.25) is 0 Å². The van der Waals surface area contributed by atoms with Crippen molar-refractivity contribution in [2.45, 2.75) is 25.4 Å². The smallest absolute Gasteiger partial charge is 0.270 e. The van der Waals surface area contributed by atoms with Gasteiger partial charge in [-0.3, -0.25) is 4.79 Å². The first-order valence-electron chi connectivity index (χ1n) is 9.20. The highest BCUT2D eigenvalue weighted by Crippen LogP contribution is 2.33. The molecule has 2 aliphatic rings. The summed E-state index contributed by atoms with van der Waals surface area (Å²) in [6.45, 7) is 1.64. The van der Waals surface area contributed by atoms with Crippen LogP contribution in [-0.2, 0) is 6.42 Å². The number of aromatic nitrogens is 2. The molecule has 0 saturated carbocycles. The number of fused-ring (bicyclic) bond motifs is 1. The van der Waals surface area contributed by atoms with Gasteiger partial charge in [-0.25, -0.2) is 14.4 Å². The third kappa shape index (κ3) is 3.37. The quantitative estimate of drug-likeness (QED) is 0.769. The number of nitrogens with zero attached hydrogens (tertiary/aromatic N) is 4. The molecule has 4 heterocycles. The molecule has 2 aliphatic heterocycles. The molecule has 3 N–H and O–H groups in total. The van der Waals surface area contributed by atoms with Gasteiger partial charge in [-0.15, -0.1) is 11.3 Å². The van der Waals surface area contributed by atoms with Crippen molar-refractivity contribution in [1.29, 1.82) is 5.41 Å². The second-order valence-corrected chi connectivity index (χ2v) is 7.83. The van der Waals surface area contributed by atoms with Gasteiger partial charge in [0.15, 0.2) is 0 Å². The maximum absolute atomic E-state index is 13.6. The van der Waals surface area contributed by atoms with Crippen LogP contribution in [0, 0.1) is 5.41 Å². The van der Waals surface area contributed by atoms with Crippen LogP contribution in [0.3, 0.4) is 0 Å². The van der Waals surface area contributed by atoms with Gasteiger partial charge < -0.3 is 20.9 Å². The van der Waals surface area contributed by atoms with Crippen molar-refractivity contribution in [2.24, 2.45) is 5.73 Å².